The number of aryl methyl sites for hydroxylation is 1. The Morgan fingerprint density at radius 2 is 2.10 bits per heavy atom. The molecule has 1 saturated carbocycles. The van der Waals surface area contributed by atoms with Gasteiger partial charge in [-0.2, -0.15) is 0 Å². The number of imidazole rings is 1. The molecule has 0 radical (unpaired) electrons. The van der Waals surface area contributed by atoms with Crippen LogP contribution in [-0.2, 0) is 0 Å². The van der Waals surface area contributed by atoms with Crippen LogP contribution in [0.15, 0.2) is 6.33 Å². The number of aliphatic hydroxyl groups is 1. The van der Waals surface area contributed by atoms with E-state index in [0.717, 1.165) is 24.9 Å². The number of nitrogens with zero attached hydrogens (tertiary/aromatic N) is 4. The molecule has 6 nitrogen and oxygen atoms in total. The van der Waals surface area contributed by atoms with Gasteiger partial charge in [0.1, 0.15) is 11.3 Å². The zero-order chi connectivity index (χ0) is 14.7. The van der Waals surface area contributed by atoms with Gasteiger partial charge < -0.3 is 15.4 Å². The van der Waals surface area contributed by atoms with Crippen molar-refractivity contribution in [1.29, 1.82) is 0 Å². The Balaban J connectivity index is 0.000000704. The Kier molecular flexibility index (Phi) is 4.54. The summed E-state index contributed by atoms with van der Waals surface area (Å²) in [5.74, 6) is 1.50. The summed E-state index contributed by atoms with van der Waals surface area (Å²) in [6, 6.07) is 0.362. The molecule has 6 heteroatoms. The molecular weight excluding hydrogens is 254 g/mol. The fourth-order valence-corrected chi connectivity index (χ4v) is 2.79. The van der Waals surface area contributed by atoms with Crippen molar-refractivity contribution in [1.82, 2.24) is 19.5 Å². The van der Waals surface area contributed by atoms with Gasteiger partial charge in [0.05, 0.1) is 6.33 Å². The highest BCUT2D eigenvalue weighted by Gasteiger charge is 2.27. The van der Waals surface area contributed by atoms with E-state index in [0.29, 0.717) is 29.1 Å². The summed E-state index contributed by atoms with van der Waals surface area (Å²) in [6.07, 6.45) is 4.88. The van der Waals surface area contributed by atoms with Crippen LogP contribution in [0.25, 0.3) is 11.2 Å². The first-order chi connectivity index (χ1) is 9.69. The minimum atomic E-state index is 0.263. The van der Waals surface area contributed by atoms with Crippen LogP contribution in [0.5, 0.6) is 0 Å². The number of nitrogen functional groups attached to an aromatic ring is 1. The van der Waals surface area contributed by atoms with Gasteiger partial charge in [-0.25, -0.2) is 15.0 Å². The first-order valence-corrected chi connectivity index (χ1v) is 7.26. The van der Waals surface area contributed by atoms with Crippen LogP contribution in [0, 0.1) is 12.8 Å². The van der Waals surface area contributed by atoms with Crippen LogP contribution in [-0.4, -0.2) is 31.2 Å². The van der Waals surface area contributed by atoms with Crippen molar-refractivity contribution in [3.05, 3.63) is 12.2 Å². The lowest BCUT2D eigenvalue weighted by Gasteiger charge is -2.12. The molecule has 0 spiro atoms. The Hall–Kier alpha value is -1.69. The number of rotatable bonds is 2. The van der Waals surface area contributed by atoms with E-state index < -0.39 is 0 Å². The summed E-state index contributed by atoms with van der Waals surface area (Å²) >= 11 is 0. The van der Waals surface area contributed by atoms with Gasteiger partial charge in [0.2, 0.25) is 0 Å². The zero-order valence-electron chi connectivity index (χ0n) is 12.4. The molecule has 3 N–H and O–H groups in total. The summed E-state index contributed by atoms with van der Waals surface area (Å²) in [5, 5.41) is 9.21. The van der Waals surface area contributed by atoms with E-state index in [-0.39, 0.29) is 6.61 Å². The molecule has 2 unspecified atom stereocenters. The van der Waals surface area contributed by atoms with Crippen LogP contribution in [0.1, 0.15) is 45.0 Å². The molecule has 0 amide bonds. The maximum Gasteiger partial charge on any atom is 0.166 e. The SMILES string of the molecule is CC.Cc1nc(N)c2ncn(C3CCC(CO)C3)c2n1. The molecule has 2 aromatic rings. The standard InChI is InChI=1S/C12H17N5O.C2H6/c1-7-15-11(13)10-12(16-7)17(6-14-10)9-3-2-8(4-9)5-18;1-2/h6,8-9,18H,2-5H2,1H3,(H2,13,15,16);1-2H3. The lowest BCUT2D eigenvalue weighted by atomic mass is 10.1. The Morgan fingerprint density at radius 3 is 2.75 bits per heavy atom. The molecule has 0 bridgehead atoms. The smallest absolute Gasteiger partial charge is 0.166 e. The second kappa shape index (κ2) is 6.17. The molecule has 2 aromatic heterocycles. The van der Waals surface area contributed by atoms with Crippen molar-refractivity contribution in [3.63, 3.8) is 0 Å². The maximum absolute atomic E-state index is 9.21. The molecule has 3 rings (SSSR count). The fraction of sp³-hybridized carbons (Fsp3) is 0.643. The highest BCUT2D eigenvalue weighted by Crippen LogP contribution is 2.35. The molecule has 1 fully saturated rings. The second-order valence-corrected chi connectivity index (χ2v) is 5.00. The summed E-state index contributed by atoms with van der Waals surface area (Å²) < 4.78 is 2.08. The highest BCUT2D eigenvalue weighted by molar-refractivity contribution is 5.81. The Morgan fingerprint density at radius 1 is 1.35 bits per heavy atom. The van der Waals surface area contributed by atoms with E-state index in [9.17, 15) is 5.11 Å². The third-order valence-corrected chi connectivity index (χ3v) is 3.73. The minimum Gasteiger partial charge on any atom is -0.396 e. The molecule has 2 atom stereocenters. The molecule has 0 aliphatic heterocycles. The first kappa shape index (κ1) is 14.7. The zero-order valence-corrected chi connectivity index (χ0v) is 12.4. The summed E-state index contributed by atoms with van der Waals surface area (Å²) in [5.41, 5.74) is 7.34. The van der Waals surface area contributed by atoms with Gasteiger partial charge in [0, 0.05) is 12.6 Å². The molecule has 20 heavy (non-hydrogen) atoms. The quantitative estimate of drug-likeness (QED) is 0.877. The van der Waals surface area contributed by atoms with E-state index in [1.165, 1.54) is 0 Å². The van der Waals surface area contributed by atoms with Gasteiger partial charge in [-0.3, -0.25) is 0 Å². The van der Waals surface area contributed by atoms with Gasteiger partial charge in [-0.15, -0.1) is 0 Å². The normalized spacial score (nSPS) is 21.8. The van der Waals surface area contributed by atoms with E-state index in [1.807, 2.05) is 20.8 Å². The van der Waals surface area contributed by atoms with Gasteiger partial charge in [-0.1, -0.05) is 13.8 Å². The van der Waals surface area contributed by atoms with Crippen LogP contribution >= 0.6 is 0 Å². The Bertz CT molecular complexity index is 580. The summed E-state index contributed by atoms with van der Waals surface area (Å²) in [7, 11) is 0. The minimum absolute atomic E-state index is 0.263. The van der Waals surface area contributed by atoms with Crippen LogP contribution < -0.4 is 5.73 Å². The molecule has 1 aliphatic carbocycles. The first-order valence-electron chi connectivity index (χ1n) is 7.26. The topological polar surface area (TPSA) is 89.8 Å². The van der Waals surface area contributed by atoms with Crippen molar-refractivity contribution in [3.8, 4) is 0 Å². The van der Waals surface area contributed by atoms with Crippen molar-refractivity contribution in [2.24, 2.45) is 5.92 Å². The molecule has 2 heterocycles. The van der Waals surface area contributed by atoms with E-state index >= 15 is 0 Å². The van der Waals surface area contributed by atoms with Crippen molar-refractivity contribution < 1.29 is 5.11 Å². The van der Waals surface area contributed by atoms with Crippen LogP contribution in [0.2, 0.25) is 0 Å². The predicted octanol–water partition coefficient (Wildman–Crippen LogP) is 2.08. The van der Waals surface area contributed by atoms with Gasteiger partial charge in [0.15, 0.2) is 11.5 Å². The number of hydrogen-bond donors (Lipinski definition) is 2. The average molecular weight is 277 g/mol. The van der Waals surface area contributed by atoms with Crippen molar-refractivity contribution in [2.45, 2.75) is 46.1 Å². The number of anilines is 1. The molecule has 1 aliphatic rings. The summed E-state index contributed by atoms with van der Waals surface area (Å²) in [4.78, 5) is 12.9. The number of aromatic nitrogens is 4. The Labute approximate surface area is 119 Å². The molecule has 110 valence electrons. The lowest BCUT2D eigenvalue weighted by molar-refractivity contribution is 0.226. The predicted molar refractivity (Wildman–Crippen MR) is 79.3 cm³/mol. The van der Waals surface area contributed by atoms with Crippen LogP contribution in [0.4, 0.5) is 5.82 Å². The van der Waals surface area contributed by atoms with Gasteiger partial charge in [-0.05, 0) is 32.1 Å². The van der Waals surface area contributed by atoms with Crippen molar-refractivity contribution in [2.75, 3.05) is 12.3 Å². The molecular formula is C14H23N5O. The van der Waals surface area contributed by atoms with Crippen molar-refractivity contribution >= 4 is 17.0 Å². The lowest BCUT2D eigenvalue weighted by Crippen LogP contribution is -2.07. The fourth-order valence-electron chi connectivity index (χ4n) is 2.79. The maximum atomic E-state index is 9.21. The third-order valence-electron chi connectivity index (χ3n) is 3.73. The highest BCUT2D eigenvalue weighted by atomic mass is 16.3. The average Bonchev–Trinajstić information content (AvgIpc) is 3.06. The largest absolute Gasteiger partial charge is 0.396 e. The van der Waals surface area contributed by atoms with Gasteiger partial charge >= 0.3 is 0 Å². The summed E-state index contributed by atoms with van der Waals surface area (Å²) in [6.45, 7) is 6.09. The number of nitrogens with two attached hydrogens (primary N) is 1. The van der Waals surface area contributed by atoms with E-state index in [1.54, 1.807) is 6.33 Å². The van der Waals surface area contributed by atoms with Gasteiger partial charge in [0.25, 0.3) is 0 Å². The molecule has 0 aromatic carbocycles. The van der Waals surface area contributed by atoms with E-state index in [2.05, 4.69) is 19.5 Å². The second-order valence-electron chi connectivity index (χ2n) is 5.00. The molecule has 0 saturated heterocycles. The number of aliphatic hydroxyl groups excluding tert-OH is 1. The monoisotopic (exact) mass is 277 g/mol. The number of hydrogen-bond acceptors (Lipinski definition) is 5. The van der Waals surface area contributed by atoms with E-state index in [4.69, 9.17) is 5.73 Å². The van der Waals surface area contributed by atoms with Crippen LogP contribution in [0.3, 0.4) is 0 Å². The number of fused-ring (bicyclic) bond motifs is 1. The third kappa shape index (κ3) is 2.60.